The minimum absolute atomic E-state index is 0.496. The Labute approximate surface area is 76.8 Å². The highest BCUT2D eigenvalue weighted by molar-refractivity contribution is 6.32. The van der Waals surface area contributed by atoms with Gasteiger partial charge in [-0.25, -0.2) is 0 Å². The molecule has 0 bridgehead atoms. The monoisotopic (exact) mass is 180 g/mol. The second-order valence-electron chi connectivity index (χ2n) is 2.34. The number of hydrogen-bond acceptors (Lipinski definition) is 2. The number of rotatable bonds is 2. The molecule has 0 aliphatic heterocycles. The van der Waals surface area contributed by atoms with E-state index in [1.165, 1.54) is 0 Å². The van der Waals surface area contributed by atoms with Crippen molar-refractivity contribution in [2.24, 2.45) is 0 Å². The molecule has 0 saturated carbocycles. The maximum absolute atomic E-state index is 8.58. The Hall–Kier alpha value is -1.20. The molecule has 3 heteroatoms. The van der Waals surface area contributed by atoms with Crippen molar-refractivity contribution in [3.05, 3.63) is 28.8 Å². The van der Waals surface area contributed by atoms with Crippen LogP contribution in [0.1, 0.15) is 12.5 Å². The Kier molecular flexibility index (Phi) is 2.95. The molecule has 0 aliphatic rings. The normalized spacial score (nSPS) is 9.08. The highest BCUT2D eigenvalue weighted by Crippen LogP contribution is 2.19. The molecule has 0 radical (unpaired) electrons. The van der Waals surface area contributed by atoms with Crippen molar-refractivity contribution in [1.82, 2.24) is 0 Å². The lowest BCUT2D eigenvalue weighted by atomic mass is 10.2. The zero-order chi connectivity index (χ0) is 8.97. The molecule has 1 N–H and O–H groups in total. The fourth-order valence-electron chi connectivity index (χ4n) is 0.920. The molecule has 0 amide bonds. The number of benzene rings is 1. The van der Waals surface area contributed by atoms with E-state index < -0.39 is 0 Å². The summed E-state index contributed by atoms with van der Waals surface area (Å²) in [5, 5.41) is 12.2. The van der Waals surface area contributed by atoms with E-state index >= 15 is 0 Å². The number of nitrogens with zero attached hydrogens (tertiary/aromatic N) is 1. The number of nitriles is 1. The smallest absolute Gasteiger partial charge is 0.101 e. The Morgan fingerprint density at radius 1 is 1.58 bits per heavy atom. The van der Waals surface area contributed by atoms with Gasteiger partial charge in [-0.15, -0.1) is 0 Å². The Balaban J connectivity index is 2.96. The third-order valence-corrected chi connectivity index (χ3v) is 1.78. The van der Waals surface area contributed by atoms with Crippen LogP contribution in [-0.2, 0) is 0 Å². The highest BCUT2D eigenvalue weighted by Gasteiger charge is 1.98. The van der Waals surface area contributed by atoms with Crippen molar-refractivity contribution in [2.75, 3.05) is 11.9 Å². The van der Waals surface area contributed by atoms with Crippen LogP contribution >= 0.6 is 11.6 Å². The van der Waals surface area contributed by atoms with Crippen molar-refractivity contribution in [2.45, 2.75) is 6.92 Å². The van der Waals surface area contributed by atoms with Crippen LogP contribution in [-0.4, -0.2) is 6.54 Å². The van der Waals surface area contributed by atoms with E-state index in [2.05, 4.69) is 5.32 Å². The van der Waals surface area contributed by atoms with Gasteiger partial charge in [-0.05, 0) is 25.1 Å². The summed E-state index contributed by atoms with van der Waals surface area (Å²) < 4.78 is 0. The predicted molar refractivity (Wildman–Crippen MR) is 50.3 cm³/mol. The molecule has 0 aromatic heterocycles. The first kappa shape index (κ1) is 8.89. The molecule has 62 valence electrons. The van der Waals surface area contributed by atoms with Gasteiger partial charge in [0.05, 0.1) is 10.6 Å². The molecule has 0 atom stereocenters. The maximum atomic E-state index is 8.58. The van der Waals surface area contributed by atoms with Crippen LogP contribution in [0.2, 0.25) is 5.02 Å². The number of anilines is 1. The van der Waals surface area contributed by atoms with Gasteiger partial charge in [0.2, 0.25) is 0 Å². The topological polar surface area (TPSA) is 35.8 Å². The molecule has 0 saturated heterocycles. The summed E-state index contributed by atoms with van der Waals surface area (Å²) in [5.41, 5.74) is 1.46. The van der Waals surface area contributed by atoms with Crippen LogP contribution in [0.4, 0.5) is 5.69 Å². The summed E-state index contributed by atoms with van der Waals surface area (Å²) in [4.78, 5) is 0. The first-order chi connectivity index (χ1) is 5.77. The molecule has 2 nitrogen and oxygen atoms in total. The molecule has 0 fully saturated rings. The number of nitrogens with one attached hydrogen (secondary N) is 1. The summed E-state index contributed by atoms with van der Waals surface area (Å²) in [6.45, 7) is 2.86. The standard InChI is InChI=1S/C9H9ClN2/c1-2-12-8-4-3-7(6-11)9(10)5-8/h3-5,12H,2H2,1H3. The molecule has 1 aromatic carbocycles. The SMILES string of the molecule is CCNc1ccc(C#N)c(Cl)c1. The molecular weight excluding hydrogens is 172 g/mol. The first-order valence-corrected chi connectivity index (χ1v) is 4.09. The van der Waals surface area contributed by atoms with E-state index in [-0.39, 0.29) is 0 Å². The third-order valence-electron chi connectivity index (χ3n) is 1.47. The zero-order valence-electron chi connectivity index (χ0n) is 6.76. The van der Waals surface area contributed by atoms with Crippen LogP contribution in [0.25, 0.3) is 0 Å². The first-order valence-electron chi connectivity index (χ1n) is 3.71. The highest BCUT2D eigenvalue weighted by atomic mass is 35.5. The van der Waals surface area contributed by atoms with Gasteiger partial charge in [-0.2, -0.15) is 5.26 Å². The van der Waals surface area contributed by atoms with Gasteiger partial charge in [0.15, 0.2) is 0 Å². The number of halogens is 1. The summed E-state index contributed by atoms with van der Waals surface area (Å²) >= 11 is 5.80. The molecule has 0 spiro atoms. The van der Waals surface area contributed by atoms with E-state index in [0.29, 0.717) is 10.6 Å². The quantitative estimate of drug-likeness (QED) is 0.760. The lowest BCUT2D eigenvalue weighted by molar-refractivity contribution is 1.21. The Morgan fingerprint density at radius 2 is 2.33 bits per heavy atom. The van der Waals surface area contributed by atoms with Crippen LogP contribution in [0.15, 0.2) is 18.2 Å². The average Bonchev–Trinajstić information content (AvgIpc) is 2.05. The minimum atomic E-state index is 0.496. The van der Waals surface area contributed by atoms with Crippen molar-refractivity contribution in [3.8, 4) is 6.07 Å². The zero-order valence-corrected chi connectivity index (χ0v) is 7.52. The van der Waals surface area contributed by atoms with Crippen LogP contribution in [0.3, 0.4) is 0 Å². The van der Waals surface area contributed by atoms with Gasteiger partial charge in [-0.3, -0.25) is 0 Å². The molecule has 0 unspecified atom stereocenters. The van der Waals surface area contributed by atoms with Crippen LogP contribution in [0.5, 0.6) is 0 Å². The minimum Gasteiger partial charge on any atom is -0.385 e. The van der Waals surface area contributed by atoms with E-state index in [1.807, 2.05) is 19.1 Å². The van der Waals surface area contributed by atoms with Crippen LogP contribution < -0.4 is 5.32 Å². The van der Waals surface area contributed by atoms with Crippen LogP contribution in [0, 0.1) is 11.3 Å². The van der Waals surface area contributed by atoms with Gasteiger partial charge < -0.3 is 5.32 Å². The van der Waals surface area contributed by atoms with E-state index in [1.54, 1.807) is 12.1 Å². The van der Waals surface area contributed by atoms with Gasteiger partial charge in [-0.1, -0.05) is 11.6 Å². The van der Waals surface area contributed by atoms with E-state index in [0.717, 1.165) is 12.2 Å². The predicted octanol–water partition coefficient (Wildman–Crippen LogP) is 2.64. The molecule has 12 heavy (non-hydrogen) atoms. The maximum Gasteiger partial charge on any atom is 0.101 e. The van der Waals surface area contributed by atoms with Gasteiger partial charge in [0.25, 0.3) is 0 Å². The fraction of sp³-hybridized carbons (Fsp3) is 0.222. The lowest BCUT2D eigenvalue weighted by Crippen LogP contribution is -1.96. The molecule has 0 aliphatic carbocycles. The van der Waals surface area contributed by atoms with Gasteiger partial charge >= 0.3 is 0 Å². The van der Waals surface area contributed by atoms with Crippen molar-refractivity contribution < 1.29 is 0 Å². The average molecular weight is 181 g/mol. The van der Waals surface area contributed by atoms with Crippen molar-refractivity contribution in [3.63, 3.8) is 0 Å². The van der Waals surface area contributed by atoms with Crippen molar-refractivity contribution in [1.29, 1.82) is 5.26 Å². The second-order valence-corrected chi connectivity index (χ2v) is 2.74. The third kappa shape index (κ3) is 1.90. The number of hydrogen-bond donors (Lipinski definition) is 1. The summed E-state index contributed by atoms with van der Waals surface area (Å²) in [5.74, 6) is 0. The molecule has 1 rings (SSSR count). The molecular formula is C9H9ClN2. The second kappa shape index (κ2) is 3.99. The fourth-order valence-corrected chi connectivity index (χ4v) is 1.14. The molecule has 0 heterocycles. The van der Waals surface area contributed by atoms with Gasteiger partial charge in [0.1, 0.15) is 6.07 Å². The largest absolute Gasteiger partial charge is 0.385 e. The van der Waals surface area contributed by atoms with E-state index in [4.69, 9.17) is 16.9 Å². The Bertz CT molecular complexity index is 315. The molecule has 1 aromatic rings. The van der Waals surface area contributed by atoms with Gasteiger partial charge in [0, 0.05) is 12.2 Å². The summed E-state index contributed by atoms with van der Waals surface area (Å²) in [6.07, 6.45) is 0. The summed E-state index contributed by atoms with van der Waals surface area (Å²) in [7, 11) is 0. The van der Waals surface area contributed by atoms with E-state index in [9.17, 15) is 0 Å². The van der Waals surface area contributed by atoms with Crippen molar-refractivity contribution >= 4 is 17.3 Å². The lowest BCUT2D eigenvalue weighted by Gasteiger charge is -2.03. The summed E-state index contributed by atoms with van der Waals surface area (Å²) in [6, 6.07) is 7.31. The Morgan fingerprint density at radius 3 is 2.83 bits per heavy atom.